The van der Waals surface area contributed by atoms with Gasteiger partial charge in [0, 0.05) is 38.7 Å². The van der Waals surface area contributed by atoms with Crippen molar-refractivity contribution in [2.45, 2.75) is 13.1 Å². The van der Waals surface area contributed by atoms with Crippen molar-refractivity contribution in [2.75, 3.05) is 0 Å². The lowest BCUT2D eigenvalue weighted by atomic mass is 10.3. The summed E-state index contributed by atoms with van der Waals surface area (Å²) < 4.78 is 1.70. The second kappa shape index (κ2) is 4.65. The van der Waals surface area contributed by atoms with E-state index in [0.29, 0.717) is 0 Å². The van der Waals surface area contributed by atoms with E-state index in [1.54, 1.807) is 17.1 Å². The number of nitrogens with one attached hydrogen (secondary N) is 1. The van der Waals surface area contributed by atoms with Crippen molar-refractivity contribution in [1.29, 1.82) is 0 Å². The molecular formula is C10H13N5. The molecule has 2 aromatic heterocycles. The molecule has 5 heteroatoms. The van der Waals surface area contributed by atoms with Crippen LogP contribution in [0.4, 0.5) is 0 Å². The van der Waals surface area contributed by atoms with E-state index in [4.69, 9.17) is 0 Å². The Bertz CT molecular complexity index is 409. The van der Waals surface area contributed by atoms with Crippen LogP contribution >= 0.6 is 0 Å². The lowest BCUT2D eigenvalue weighted by molar-refractivity contribution is 0.673. The third kappa shape index (κ3) is 2.85. The van der Waals surface area contributed by atoms with Crippen LogP contribution in [-0.4, -0.2) is 20.0 Å². The number of aryl methyl sites for hydroxylation is 1. The zero-order valence-corrected chi connectivity index (χ0v) is 8.59. The van der Waals surface area contributed by atoms with Crippen LogP contribution in [0.3, 0.4) is 0 Å². The van der Waals surface area contributed by atoms with E-state index in [1.807, 2.05) is 25.4 Å². The van der Waals surface area contributed by atoms with Gasteiger partial charge in [-0.15, -0.1) is 5.10 Å². The highest BCUT2D eigenvalue weighted by Crippen LogP contribution is 1.96. The minimum Gasteiger partial charge on any atom is -0.307 e. The highest BCUT2D eigenvalue weighted by atomic mass is 15.4. The summed E-state index contributed by atoms with van der Waals surface area (Å²) >= 11 is 0. The third-order valence-corrected chi connectivity index (χ3v) is 2.03. The summed E-state index contributed by atoms with van der Waals surface area (Å²) in [7, 11) is 1.86. The highest BCUT2D eigenvalue weighted by molar-refractivity contribution is 5.09. The molecule has 0 atom stereocenters. The molecule has 0 aliphatic heterocycles. The molecule has 0 fully saturated rings. The molecule has 1 N–H and O–H groups in total. The van der Waals surface area contributed by atoms with Crippen LogP contribution in [0.5, 0.6) is 0 Å². The molecule has 5 nitrogen and oxygen atoms in total. The lowest BCUT2D eigenvalue weighted by Crippen LogP contribution is -2.12. The molecule has 0 aromatic carbocycles. The average molecular weight is 203 g/mol. The predicted molar refractivity (Wildman–Crippen MR) is 55.8 cm³/mol. The Balaban J connectivity index is 1.80. The van der Waals surface area contributed by atoms with Crippen LogP contribution in [0.15, 0.2) is 30.7 Å². The van der Waals surface area contributed by atoms with Gasteiger partial charge in [-0.25, -0.2) is 0 Å². The molecule has 0 unspecified atom stereocenters. The number of rotatable bonds is 4. The zero-order valence-electron chi connectivity index (χ0n) is 8.59. The van der Waals surface area contributed by atoms with Crippen LogP contribution in [0.2, 0.25) is 0 Å². The van der Waals surface area contributed by atoms with Crippen molar-refractivity contribution in [2.24, 2.45) is 7.05 Å². The fourth-order valence-electron chi connectivity index (χ4n) is 1.31. The molecule has 0 aliphatic rings. The number of nitrogens with zero attached hydrogens (tertiary/aromatic N) is 4. The van der Waals surface area contributed by atoms with E-state index in [0.717, 1.165) is 18.8 Å². The summed E-state index contributed by atoms with van der Waals surface area (Å²) in [4.78, 5) is 3.96. The summed E-state index contributed by atoms with van der Waals surface area (Å²) in [5, 5.41) is 11.1. The first kappa shape index (κ1) is 9.79. The highest BCUT2D eigenvalue weighted by Gasteiger charge is 1.97. The standard InChI is InChI=1S/C10H13N5/c1-15-8-10(13-14-15)7-12-6-9-2-4-11-5-3-9/h2-5,8,12H,6-7H2,1H3. The Morgan fingerprint density at radius 2 is 2.07 bits per heavy atom. The quantitative estimate of drug-likeness (QED) is 0.786. The molecule has 0 spiro atoms. The summed E-state index contributed by atoms with van der Waals surface area (Å²) in [5.74, 6) is 0. The lowest BCUT2D eigenvalue weighted by Gasteiger charge is -2.01. The van der Waals surface area contributed by atoms with Crippen molar-refractivity contribution in [1.82, 2.24) is 25.3 Å². The molecule has 0 saturated carbocycles. The van der Waals surface area contributed by atoms with E-state index < -0.39 is 0 Å². The van der Waals surface area contributed by atoms with Crippen molar-refractivity contribution in [3.63, 3.8) is 0 Å². The van der Waals surface area contributed by atoms with Gasteiger partial charge in [0.2, 0.25) is 0 Å². The van der Waals surface area contributed by atoms with Crippen molar-refractivity contribution >= 4 is 0 Å². The van der Waals surface area contributed by atoms with Gasteiger partial charge < -0.3 is 5.32 Å². The first-order valence-corrected chi connectivity index (χ1v) is 4.79. The Morgan fingerprint density at radius 1 is 1.27 bits per heavy atom. The number of hydrogen-bond acceptors (Lipinski definition) is 4. The van der Waals surface area contributed by atoms with Gasteiger partial charge in [-0.05, 0) is 17.7 Å². The number of pyridine rings is 1. The Hall–Kier alpha value is -1.75. The van der Waals surface area contributed by atoms with E-state index in [-0.39, 0.29) is 0 Å². The van der Waals surface area contributed by atoms with Crippen molar-refractivity contribution in [3.8, 4) is 0 Å². The number of hydrogen-bond donors (Lipinski definition) is 1. The minimum absolute atomic E-state index is 0.732. The predicted octanol–water partition coefficient (Wildman–Crippen LogP) is 0.500. The fourth-order valence-corrected chi connectivity index (χ4v) is 1.31. The smallest absolute Gasteiger partial charge is 0.0964 e. The first-order chi connectivity index (χ1) is 7.34. The molecule has 2 aromatic rings. The number of aromatic nitrogens is 4. The van der Waals surface area contributed by atoms with Gasteiger partial charge in [0.25, 0.3) is 0 Å². The van der Waals surface area contributed by atoms with Crippen LogP contribution in [-0.2, 0) is 20.1 Å². The van der Waals surface area contributed by atoms with E-state index >= 15 is 0 Å². The second-order valence-corrected chi connectivity index (χ2v) is 3.34. The summed E-state index contributed by atoms with van der Waals surface area (Å²) in [6, 6.07) is 3.98. The Kier molecular flexibility index (Phi) is 3.04. The topological polar surface area (TPSA) is 55.6 Å². The minimum atomic E-state index is 0.732. The largest absolute Gasteiger partial charge is 0.307 e. The van der Waals surface area contributed by atoms with Gasteiger partial charge in [0.05, 0.1) is 5.69 Å². The van der Waals surface area contributed by atoms with E-state index in [2.05, 4.69) is 20.6 Å². The molecule has 2 heterocycles. The maximum Gasteiger partial charge on any atom is 0.0964 e. The van der Waals surface area contributed by atoms with Crippen molar-refractivity contribution < 1.29 is 0 Å². The molecule has 78 valence electrons. The maximum atomic E-state index is 3.99. The molecule has 0 radical (unpaired) electrons. The summed E-state index contributed by atoms with van der Waals surface area (Å²) in [6.07, 6.45) is 5.48. The third-order valence-electron chi connectivity index (χ3n) is 2.03. The molecule has 0 saturated heterocycles. The maximum absolute atomic E-state index is 3.99. The summed E-state index contributed by atoms with van der Waals surface area (Å²) in [5.41, 5.74) is 2.17. The molecule has 2 rings (SSSR count). The molecule has 0 bridgehead atoms. The monoisotopic (exact) mass is 203 g/mol. The Labute approximate surface area is 88.1 Å². The molecule has 15 heavy (non-hydrogen) atoms. The summed E-state index contributed by atoms with van der Waals surface area (Å²) in [6.45, 7) is 1.55. The fraction of sp³-hybridized carbons (Fsp3) is 0.300. The second-order valence-electron chi connectivity index (χ2n) is 3.34. The van der Waals surface area contributed by atoms with Gasteiger partial charge in [0.1, 0.15) is 0 Å². The van der Waals surface area contributed by atoms with Crippen LogP contribution < -0.4 is 5.32 Å². The van der Waals surface area contributed by atoms with E-state index in [1.165, 1.54) is 5.56 Å². The molecular weight excluding hydrogens is 190 g/mol. The van der Waals surface area contributed by atoms with Gasteiger partial charge in [-0.2, -0.15) is 0 Å². The van der Waals surface area contributed by atoms with Gasteiger partial charge in [-0.3, -0.25) is 9.67 Å². The van der Waals surface area contributed by atoms with Gasteiger partial charge >= 0.3 is 0 Å². The van der Waals surface area contributed by atoms with Crippen molar-refractivity contribution in [3.05, 3.63) is 42.0 Å². The first-order valence-electron chi connectivity index (χ1n) is 4.79. The van der Waals surface area contributed by atoms with Gasteiger partial charge in [-0.1, -0.05) is 5.21 Å². The van der Waals surface area contributed by atoms with Gasteiger partial charge in [0.15, 0.2) is 0 Å². The Morgan fingerprint density at radius 3 is 2.73 bits per heavy atom. The van der Waals surface area contributed by atoms with Crippen LogP contribution in [0.25, 0.3) is 0 Å². The zero-order chi connectivity index (χ0) is 10.5. The van der Waals surface area contributed by atoms with E-state index in [9.17, 15) is 0 Å². The SMILES string of the molecule is Cn1cc(CNCc2ccncc2)nn1. The van der Waals surface area contributed by atoms with Crippen LogP contribution in [0, 0.1) is 0 Å². The molecule has 0 amide bonds. The average Bonchev–Trinajstić information content (AvgIpc) is 2.66. The van der Waals surface area contributed by atoms with Crippen LogP contribution in [0.1, 0.15) is 11.3 Å². The molecule has 0 aliphatic carbocycles. The normalized spacial score (nSPS) is 10.5.